The first kappa shape index (κ1) is 16.2. The fourth-order valence-electron chi connectivity index (χ4n) is 2.09. The number of aliphatic carboxylic acids is 1. The van der Waals surface area contributed by atoms with E-state index in [1.165, 1.54) is 16.7 Å². The number of pyridine rings is 1. The maximum Gasteiger partial charge on any atom is 0.327 e. The zero-order valence-corrected chi connectivity index (χ0v) is 13.7. The fourth-order valence-corrected chi connectivity index (χ4v) is 4.24. The summed E-state index contributed by atoms with van der Waals surface area (Å²) >= 11 is 3.11. The molecule has 1 aromatic heterocycles. The predicted molar refractivity (Wildman–Crippen MR) is 83.1 cm³/mol. The van der Waals surface area contributed by atoms with Crippen LogP contribution in [0.4, 0.5) is 0 Å². The first-order valence-electron chi connectivity index (χ1n) is 6.69. The molecule has 2 rings (SSSR count). The van der Waals surface area contributed by atoms with Crippen LogP contribution >= 0.6 is 23.5 Å². The largest absolute Gasteiger partial charge is 0.480 e. The van der Waals surface area contributed by atoms with Gasteiger partial charge < -0.3 is 10.0 Å². The predicted octanol–water partition coefficient (Wildman–Crippen LogP) is 1.23. The highest BCUT2D eigenvalue weighted by Crippen LogP contribution is 2.25. The molecule has 1 saturated heterocycles. The van der Waals surface area contributed by atoms with E-state index >= 15 is 0 Å². The van der Waals surface area contributed by atoms with Gasteiger partial charge in [-0.25, -0.2) is 4.79 Å². The van der Waals surface area contributed by atoms with Gasteiger partial charge in [0.15, 0.2) is 6.20 Å². The van der Waals surface area contributed by atoms with E-state index in [0.29, 0.717) is 17.4 Å². The van der Waals surface area contributed by atoms with Gasteiger partial charge in [0.2, 0.25) is 10.9 Å². The zero-order valence-electron chi connectivity index (χ0n) is 12.1. The third-order valence-electron chi connectivity index (χ3n) is 3.36. The minimum atomic E-state index is -0.914. The lowest BCUT2D eigenvalue weighted by atomic mass is 10.1. The minimum absolute atomic E-state index is 0.0708. The number of carboxylic acids is 1. The molecule has 0 radical (unpaired) electrons. The molecular weight excluding hydrogens is 308 g/mol. The van der Waals surface area contributed by atoms with Crippen LogP contribution in [0.15, 0.2) is 29.4 Å². The molecule has 2 atom stereocenters. The van der Waals surface area contributed by atoms with E-state index in [2.05, 4.69) is 0 Å². The quantitative estimate of drug-likeness (QED) is 0.651. The maximum absolute atomic E-state index is 12.4. The van der Waals surface area contributed by atoms with Crippen molar-refractivity contribution in [3.8, 4) is 0 Å². The molecule has 1 aliphatic rings. The number of nitrogens with zero attached hydrogens (tertiary/aromatic N) is 2. The summed E-state index contributed by atoms with van der Waals surface area (Å²) < 4.78 is 2.01. The van der Waals surface area contributed by atoms with Gasteiger partial charge in [-0.05, 0) is 6.07 Å². The topological polar surface area (TPSA) is 61.5 Å². The highest BCUT2D eigenvalue weighted by atomic mass is 32.2. The molecule has 0 bridgehead atoms. The number of aromatic nitrogens is 1. The summed E-state index contributed by atoms with van der Waals surface area (Å²) in [5.74, 6) is 0.416. The second-order valence-electron chi connectivity index (χ2n) is 5.02. The van der Waals surface area contributed by atoms with Gasteiger partial charge in [-0.2, -0.15) is 4.57 Å². The van der Waals surface area contributed by atoms with Gasteiger partial charge in [-0.15, -0.1) is 11.8 Å². The van der Waals surface area contributed by atoms with Crippen LogP contribution in [0.5, 0.6) is 0 Å². The number of hydrogen-bond acceptors (Lipinski definition) is 4. The van der Waals surface area contributed by atoms with E-state index in [4.69, 9.17) is 5.11 Å². The van der Waals surface area contributed by atoms with Crippen molar-refractivity contribution in [2.45, 2.75) is 18.0 Å². The molecule has 2 heterocycles. The van der Waals surface area contributed by atoms with Gasteiger partial charge in [0, 0.05) is 29.6 Å². The van der Waals surface area contributed by atoms with Crippen molar-refractivity contribution >= 4 is 35.4 Å². The van der Waals surface area contributed by atoms with Gasteiger partial charge in [0.1, 0.15) is 13.1 Å². The molecule has 0 spiro atoms. The zero-order chi connectivity index (χ0) is 15.4. The van der Waals surface area contributed by atoms with Crippen LogP contribution in [0, 0.1) is 5.92 Å². The summed E-state index contributed by atoms with van der Waals surface area (Å²) in [5, 5.41) is 10.2. The Balaban J connectivity index is 1.94. The molecular formula is C14H19N2O3S2+. The fraction of sp³-hybridized carbons (Fsp3) is 0.500. The Kier molecular flexibility index (Phi) is 5.52. The molecule has 1 N–H and O–H groups in total. The van der Waals surface area contributed by atoms with E-state index < -0.39 is 12.0 Å². The number of carboxylic acid groups (broad SMARTS) is 1. The molecule has 1 aliphatic heterocycles. The number of aryl methyl sites for hydroxylation is 1. The molecule has 0 saturated carbocycles. The van der Waals surface area contributed by atoms with Crippen LogP contribution in [0.3, 0.4) is 0 Å². The van der Waals surface area contributed by atoms with Crippen LogP contribution in [-0.2, 0) is 16.6 Å². The lowest BCUT2D eigenvalue weighted by Crippen LogP contribution is -2.44. The highest BCUT2D eigenvalue weighted by Gasteiger charge is 2.36. The third kappa shape index (κ3) is 3.91. The van der Waals surface area contributed by atoms with Crippen LogP contribution in [0.1, 0.15) is 6.92 Å². The number of hydrogen-bond donors (Lipinski definition) is 1. The van der Waals surface area contributed by atoms with E-state index in [9.17, 15) is 9.59 Å². The van der Waals surface area contributed by atoms with Gasteiger partial charge >= 0.3 is 5.97 Å². The number of carbonyl (C=O) groups excluding carboxylic acids is 1. The van der Waals surface area contributed by atoms with Crippen molar-refractivity contribution in [2.24, 2.45) is 13.0 Å². The molecule has 2 unspecified atom stereocenters. The number of thioether (sulfide) groups is 2. The highest BCUT2D eigenvalue weighted by molar-refractivity contribution is 7.99. The molecule has 1 aromatic rings. The average Bonchev–Trinajstić information content (AvgIpc) is 2.95. The molecule has 7 heteroatoms. The molecule has 1 fully saturated rings. The second kappa shape index (κ2) is 7.17. The molecule has 114 valence electrons. The first-order chi connectivity index (χ1) is 10.0. The Morgan fingerprint density at radius 1 is 1.57 bits per heavy atom. The van der Waals surface area contributed by atoms with Gasteiger partial charge in [-0.1, -0.05) is 18.7 Å². The van der Waals surface area contributed by atoms with E-state index in [1.807, 2.05) is 42.9 Å². The molecule has 21 heavy (non-hydrogen) atoms. The standard InChI is InChI=1S/C14H18N2O3S2/c1-10(7-21-12-5-3-4-6-15(12)2)13(17)16-9-20-8-11(16)14(18)19/h3-6,10-11H,7-9H2,1-2H3/p+1. The van der Waals surface area contributed by atoms with E-state index in [0.717, 1.165) is 5.03 Å². The number of carbonyl (C=O) groups is 2. The Hall–Kier alpha value is -1.21. The Morgan fingerprint density at radius 3 is 3.00 bits per heavy atom. The van der Waals surface area contributed by atoms with Crippen molar-refractivity contribution in [1.29, 1.82) is 0 Å². The van der Waals surface area contributed by atoms with E-state index in [1.54, 1.807) is 11.8 Å². The van der Waals surface area contributed by atoms with Crippen molar-refractivity contribution < 1.29 is 19.3 Å². The van der Waals surface area contributed by atoms with Crippen molar-refractivity contribution in [3.63, 3.8) is 0 Å². The van der Waals surface area contributed by atoms with Crippen LogP contribution in [0.2, 0.25) is 0 Å². The van der Waals surface area contributed by atoms with Gasteiger partial charge in [0.25, 0.3) is 0 Å². The molecule has 5 nitrogen and oxygen atoms in total. The summed E-state index contributed by atoms with van der Waals surface area (Å²) in [6.45, 7) is 1.86. The van der Waals surface area contributed by atoms with Crippen LogP contribution in [-0.4, -0.2) is 45.3 Å². The maximum atomic E-state index is 12.4. The Labute approximate surface area is 132 Å². The van der Waals surface area contributed by atoms with Crippen LogP contribution < -0.4 is 4.57 Å². The number of amides is 1. The summed E-state index contributed by atoms with van der Waals surface area (Å²) in [6.07, 6.45) is 1.96. The summed E-state index contributed by atoms with van der Waals surface area (Å²) in [4.78, 5) is 25.0. The Morgan fingerprint density at radius 2 is 2.33 bits per heavy atom. The van der Waals surface area contributed by atoms with Crippen molar-refractivity contribution in [2.75, 3.05) is 17.4 Å². The first-order valence-corrected chi connectivity index (χ1v) is 8.83. The summed E-state index contributed by atoms with van der Waals surface area (Å²) in [5.41, 5.74) is 0. The molecule has 0 aromatic carbocycles. The molecule has 0 aliphatic carbocycles. The van der Waals surface area contributed by atoms with Crippen molar-refractivity contribution in [3.05, 3.63) is 24.4 Å². The number of rotatable bonds is 5. The van der Waals surface area contributed by atoms with E-state index in [-0.39, 0.29) is 11.8 Å². The summed E-state index contributed by atoms with van der Waals surface area (Å²) in [6, 6.07) is 5.25. The average molecular weight is 327 g/mol. The van der Waals surface area contributed by atoms with Crippen molar-refractivity contribution in [1.82, 2.24) is 4.90 Å². The van der Waals surface area contributed by atoms with Gasteiger partial charge in [0.05, 0.1) is 5.88 Å². The second-order valence-corrected chi connectivity index (χ2v) is 7.06. The normalized spacial score (nSPS) is 19.5. The minimum Gasteiger partial charge on any atom is -0.480 e. The summed E-state index contributed by atoms with van der Waals surface area (Å²) in [7, 11) is 1.96. The lowest BCUT2D eigenvalue weighted by Gasteiger charge is -2.23. The van der Waals surface area contributed by atoms with Crippen LogP contribution in [0.25, 0.3) is 0 Å². The smallest absolute Gasteiger partial charge is 0.327 e. The monoisotopic (exact) mass is 327 g/mol. The van der Waals surface area contributed by atoms with Gasteiger partial charge in [-0.3, -0.25) is 4.79 Å². The third-order valence-corrected chi connectivity index (χ3v) is 5.76. The molecule has 1 amide bonds. The SMILES string of the molecule is CC(CSc1cccc[n+]1C)C(=O)N1CSCC1C(=O)O. The lowest BCUT2D eigenvalue weighted by molar-refractivity contribution is -0.708. The Bertz CT molecular complexity index is 539.